The zero-order valence-electron chi connectivity index (χ0n) is 34.9. The molecule has 0 aliphatic heterocycles. The number of nitrogens with zero attached hydrogens (tertiary/aromatic N) is 4. The summed E-state index contributed by atoms with van der Waals surface area (Å²) in [6.45, 7) is 0. The summed E-state index contributed by atoms with van der Waals surface area (Å²) in [7, 11) is 0. The molecule has 9 rings (SSSR count). The van der Waals surface area contributed by atoms with E-state index < -0.39 is 30.2 Å². The van der Waals surface area contributed by atoms with Crippen LogP contribution in [0.1, 0.15) is 12.3 Å². The molecule has 230 valence electrons. The largest absolute Gasteiger partial charge is 0.309 e. The molecule has 9 aromatic rings. The number of benzene rings is 7. The van der Waals surface area contributed by atoms with Gasteiger partial charge in [-0.25, -0.2) is 15.0 Å². The second-order valence-electron chi connectivity index (χ2n) is 11.4. The minimum Gasteiger partial charge on any atom is -0.309 e. The summed E-state index contributed by atoms with van der Waals surface area (Å²) in [6, 6.07) is 36.4. The Morgan fingerprint density at radius 2 is 0.918 bits per heavy atom. The van der Waals surface area contributed by atoms with E-state index in [1.807, 2.05) is 114 Å². The summed E-state index contributed by atoms with van der Waals surface area (Å²) in [5, 5.41) is 0.688. The summed E-state index contributed by atoms with van der Waals surface area (Å²) in [6.07, 6.45) is 0. The van der Waals surface area contributed by atoms with Crippen LogP contribution in [0, 0.1) is 0 Å². The van der Waals surface area contributed by atoms with Gasteiger partial charge in [0.05, 0.1) is 29.1 Å². The van der Waals surface area contributed by atoms with Crippen molar-refractivity contribution < 1.29 is 12.3 Å². The Morgan fingerprint density at radius 3 is 1.59 bits per heavy atom. The Bertz CT molecular complexity index is 3010. The third kappa shape index (κ3) is 5.26. The smallest absolute Gasteiger partial charge is 0.164 e. The fourth-order valence-corrected chi connectivity index (χ4v) is 6.17. The Balaban J connectivity index is 1.22. The fraction of sp³-hybridized carbons (Fsp3) is 0. The van der Waals surface area contributed by atoms with Crippen LogP contribution in [0.25, 0.3) is 83.9 Å². The molecule has 49 heavy (non-hydrogen) atoms. The molecule has 0 atom stereocenters. The quantitative estimate of drug-likeness (QED) is 0.183. The van der Waals surface area contributed by atoms with E-state index in [1.165, 1.54) is 0 Å². The lowest BCUT2D eigenvalue weighted by molar-refractivity contribution is 1.07. The van der Waals surface area contributed by atoms with Gasteiger partial charge in [-0.05, 0) is 40.9 Å². The zero-order valence-corrected chi connectivity index (χ0v) is 25.9. The van der Waals surface area contributed by atoms with Gasteiger partial charge in [-0.3, -0.25) is 0 Å². The van der Waals surface area contributed by atoms with Gasteiger partial charge in [0.15, 0.2) is 17.5 Å². The zero-order chi connectivity index (χ0) is 40.4. The molecule has 0 aliphatic rings. The Kier molecular flexibility index (Phi) is 5.11. The minimum absolute atomic E-state index is 0.0000754. The number of fused-ring (bicyclic) bond motifs is 3. The first kappa shape index (κ1) is 20.6. The van der Waals surface area contributed by atoms with Crippen LogP contribution < -0.4 is 0 Å². The molecular formula is C45H30N4. The van der Waals surface area contributed by atoms with E-state index in [2.05, 4.69) is 0 Å². The van der Waals surface area contributed by atoms with Crippen LogP contribution in [0.3, 0.4) is 0 Å². The molecule has 0 saturated carbocycles. The predicted molar refractivity (Wildman–Crippen MR) is 201 cm³/mol. The summed E-state index contributed by atoms with van der Waals surface area (Å²) >= 11 is 0. The third-order valence-electron chi connectivity index (χ3n) is 8.49. The van der Waals surface area contributed by atoms with E-state index in [1.54, 1.807) is 18.2 Å². The van der Waals surface area contributed by atoms with E-state index in [0.29, 0.717) is 39.6 Å². The lowest BCUT2D eigenvalue weighted by Crippen LogP contribution is -2.00. The van der Waals surface area contributed by atoms with Gasteiger partial charge in [-0.1, -0.05) is 158 Å². The molecule has 0 aliphatic carbocycles. The Hall–Kier alpha value is -6.65. The maximum Gasteiger partial charge on any atom is 0.164 e. The maximum absolute atomic E-state index is 9.11. The van der Waals surface area contributed by atoms with Crippen molar-refractivity contribution in [3.8, 4) is 62.1 Å². The number of rotatable bonds is 6. The lowest BCUT2D eigenvalue weighted by atomic mass is 10.0. The van der Waals surface area contributed by atoms with Gasteiger partial charge in [0.1, 0.15) is 0 Å². The summed E-state index contributed by atoms with van der Waals surface area (Å²) < 4.78 is 78.9. The summed E-state index contributed by atoms with van der Waals surface area (Å²) in [5.74, 6) is 1.59. The third-order valence-corrected chi connectivity index (χ3v) is 8.49. The van der Waals surface area contributed by atoms with Crippen LogP contribution >= 0.6 is 0 Å². The average Bonchev–Trinajstić information content (AvgIpc) is 3.61. The van der Waals surface area contributed by atoms with Crippen molar-refractivity contribution in [3.63, 3.8) is 0 Å². The molecule has 4 nitrogen and oxygen atoms in total. The molecular weight excluding hydrogens is 597 g/mol. The van der Waals surface area contributed by atoms with Crippen molar-refractivity contribution in [3.05, 3.63) is 182 Å². The van der Waals surface area contributed by atoms with E-state index in [4.69, 9.17) is 27.3 Å². The first-order valence-corrected chi connectivity index (χ1v) is 15.7. The van der Waals surface area contributed by atoms with Crippen LogP contribution in [0.4, 0.5) is 0 Å². The Labute approximate surface area is 297 Å². The average molecular weight is 636 g/mol. The van der Waals surface area contributed by atoms with Gasteiger partial charge in [0, 0.05) is 33.0 Å². The van der Waals surface area contributed by atoms with Gasteiger partial charge in [0.2, 0.25) is 0 Å². The molecule has 0 unspecified atom stereocenters. The van der Waals surface area contributed by atoms with Crippen molar-refractivity contribution in [2.45, 2.75) is 0 Å². The molecule has 2 aromatic heterocycles. The lowest BCUT2D eigenvalue weighted by Gasteiger charge is -2.14. The molecule has 0 amide bonds. The fourth-order valence-electron chi connectivity index (χ4n) is 6.17. The highest BCUT2D eigenvalue weighted by Gasteiger charge is 2.17. The first-order valence-electron chi connectivity index (χ1n) is 20.2. The second-order valence-corrected chi connectivity index (χ2v) is 11.4. The van der Waals surface area contributed by atoms with Crippen molar-refractivity contribution in [2.24, 2.45) is 0 Å². The van der Waals surface area contributed by atoms with Gasteiger partial charge in [0.25, 0.3) is 0 Å². The number of hydrogen-bond donors (Lipinski definition) is 0. The van der Waals surface area contributed by atoms with E-state index in [9.17, 15) is 0 Å². The molecule has 2 heterocycles. The molecule has 0 radical (unpaired) electrons. The van der Waals surface area contributed by atoms with Gasteiger partial charge in [-0.2, -0.15) is 0 Å². The van der Waals surface area contributed by atoms with Crippen LogP contribution in [0.2, 0.25) is 0 Å². The number of aromatic nitrogens is 4. The van der Waals surface area contributed by atoms with E-state index in [-0.39, 0.29) is 40.6 Å². The van der Waals surface area contributed by atoms with Crippen molar-refractivity contribution in [2.75, 3.05) is 0 Å². The molecule has 0 spiro atoms. The number of para-hydroxylation sites is 2. The van der Waals surface area contributed by atoms with E-state index >= 15 is 0 Å². The first-order chi connectivity index (χ1) is 28.0. The van der Waals surface area contributed by atoms with Crippen LogP contribution in [0.15, 0.2) is 182 Å². The molecule has 0 fully saturated rings. The topological polar surface area (TPSA) is 43.6 Å². The highest BCUT2D eigenvalue weighted by atomic mass is 15.0. The molecule has 0 bridgehead atoms. The predicted octanol–water partition coefficient (Wildman–Crippen LogP) is 11.3. The van der Waals surface area contributed by atoms with Crippen molar-refractivity contribution >= 4 is 21.8 Å². The van der Waals surface area contributed by atoms with Gasteiger partial charge >= 0.3 is 0 Å². The standard InChI is InChI=1S/C45H30N4/c1-4-14-31(15-5-1)36-28-29-42-39(30-36)38-21-11-13-23-41(38)49(42)40-22-12-10-20-37(40)32-24-26-35(27-25-32)45-47-43(33-16-6-2-7-17-33)46-44(48-45)34-18-8-3-9-19-34/h1-30H/i1D,4D,5D,11D,13D,14D,15D,21D,23D. The van der Waals surface area contributed by atoms with Gasteiger partial charge in [-0.15, -0.1) is 0 Å². The molecule has 0 N–H and O–H groups in total. The van der Waals surface area contributed by atoms with E-state index in [0.717, 1.165) is 27.8 Å². The van der Waals surface area contributed by atoms with Crippen molar-refractivity contribution in [1.82, 2.24) is 19.5 Å². The molecule has 0 saturated heterocycles. The Morgan fingerprint density at radius 1 is 0.388 bits per heavy atom. The second kappa shape index (κ2) is 12.2. The van der Waals surface area contributed by atoms with Crippen LogP contribution in [0.5, 0.6) is 0 Å². The minimum atomic E-state index is -0.502. The summed E-state index contributed by atoms with van der Waals surface area (Å²) in [4.78, 5) is 14.5. The normalized spacial score (nSPS) is 13.8. The highest BCUT2D eigenvalue weighted by molar-refractivity contribution is 6.11. The van der Waals surface area contributed by atoms with Crippen LogP contribution in [-0.2, 0) is 0 Å². The SMILES string of the molecule is [2H]c1c([2H])c([2H])c(-c2ccc3c(c2)c2c([2H])c([2H])c([2H])c([2H])c2n3-c2ccccc2-c2ccc(-c3nc(-c4ccccc4)nc(-c4ccccc4)n3)cc2)c([2H])c1[2H]. The maximum atomic E-state index is 9.11. The molecule has 4 heteroatoms. The monoisotopic (exact) mass is 635 g/mol. The highest BCUT2D eigenvalue weighted by Crippen LogP contribution is 2.38. The van der Waals surface area contributed by atoms with Crippen molar-refractivity contribution in [1.29, 1.82) is 0 Å². The van der Waals surface area contributed by atoms with Gasteiger partial charge < -0.3 is 4.57 Å². The molecule has 7 aromatic carbocycles. The van der Waals surface area contributed by atoms with Crippen LogP contribution in [-0.4, -0.2) is 19.5 Å². The summed E-state index contributed by atoms with van der Waals surface area (Å²) in [5.41, 5.74) is 5.86. The number of hydrogen-bond acceptors (Lipinski definition) is 3.